The summed E-state index contributed by atoms with van der Waals surface area (Å²) in [6, 6.07) is 4.60. The lowest BCUT2D eigenvalue weighted by atomic mass is 10.2. The number of rotatable bonds is 4. The highest BCUT2D eigenvalue weighted by atomic mass is 35.5. The van der Waals surface area contributed by atoms with Crippen LogP contribution in [0.25, 0.3) is 11.4 Å². The highest BCUT2D eigenvalue weighted by Gasteiger charge is 2.20. The minimum absolute atomic E-state index is 0.126. The number of Topliss-reactive ketones (excluding diaryl/α,β-unsaturated/α-hetero) is 1. The molecule has 19 heavy (non-hydrogen) atoms. The molecule has 100 valence electrons. The average Bonchev–Trinajstić information content (AvgIpc) is 2.76. The Morgan fingerprint density at radius 1 is 1.26 bits per heavy atom. The van der Waals surface area contributed by atoms with Gasteiger partial charge in [-0.25, -0.2) is 8.78 Å². The van der Waals surface area contributed by atoms with Crippen LogP contribution in [0.3, 0.4) is 0 Å². The fourth-order valence-corrected chi connectivity index (χ4v) is 1.88. The number of ketones is 1. The number of hydrogen-bond donors (Lipinski definition) is 0. The van der Waals surface area contributed by atoms with Crippen LogP contribution in [0.4, 0.5) is 8.78 Å². The van der Waals surface area contributed by atoms with Crippen molar-refractivity contribution in [3.63, 3.8) is 0 Å². The number of carbonyl (C=O) groups excluding carboxylic acids is 1. The molecule has 0 spiro atoms. The van der Waals surface area contributed by atoms with E-state index in [9.17, 15) is 13.6 Å². The zero-order valence-corrected chi connectivity index (χ0v) is 10.8. The maximum Gasteiger partial charge on any atom is 0.296 e. The van der Waals surface area contributed by atoms with E-state index in [2.05, 4.69) is 10.1 Å². The third-order valence-electron chi connectivity index (χ3n) is 2.16. The Hall–Kier alpha value is -1.53. The molecule has 1 aromatic carbocycles. The van der Waals surface area contributed by atoms with Gasteiger partial charge in [0.2, 0.25) is 17.5 Å². The molecule has 0 aliphatic rings. The molecule has 0 saturated carbocycles. The SMILES string of the molecule is O=C(Cc1nc(-c2cc(Cl)cc(Cl)c2)no1)C(F)F. The van der Waals surface area contributed by atoms with Crippen molar-refractivity contribution in [2.45, 2.75) is 12.8 Å². The Balaban J connectivity index is 2.23. The van der Waals surface area contributed by atoms with Crippen molar-refractivity contribution in [3.05, 3.63) is 34.1 Å². The summed E-state index contributed by atoms with van der Waals surface area (Å²) in [6.45, 7) is 0. The topological polar surface area (TPSA) is 56.0 Å². The third kappa shape index (κ3) is 3.48. The maximum atomic E-state index is 12.1. The number of hydrogen-bond acceptors (Lipinski definition) is 4. The number of benzene rings is 1. The molecule has 0 bridgehead atoms. The molecule has 2 rings (SSSR count). The zero-order chi connectivity index (χ0) is 14.0. The second kappa shape index (κ2) is 5.63. The molecule has 2 aromatic rings. The van der Waals surface area contributed by atoms with Crippen LogP contribution in [0.5, 0.6) is 0 Å². The lowest BCUT2D eigenvalue weighted by Crippen LogP contribution is -2.12. The molecule has 4 nitrogen and oxygen atoms in total. The first kappa shape index (κ1) is 13.9. The summed E-state index contributed by atoms with van der Waals surface area (Å²) < 4.78 is 28.9. The van der Waals surface area contributed by atoms with E-state index in [1.54, 1.807) is 0 Å². The summed E-state index contributed by atoms with van der Waals surface area (Å²) in [7, 11) is 0. The Kier molecular flexibility index (Phi) is 4.11. The van der Waals surface area contributed by atoms with Crippen molar-refractivity contribution in [3.8, 4) is 11.4 Å². The van der Waals surface area contributed by atoms with E-state index in [0.29, 0.717) is 15.6 Å². The molecule has 0 N–H and O–H groups in total. The van der Waals surface area contributed by atoms with Gasteiger partial charge in [-0.05, 0) is 18.2 Å². The molecule has 0 radical (unpaired) electrons. The molecule has 0 atom stereocenters. The Morgan fingerprint density at radius 2 is 1.89 bits per heavy atom. The van der Waals surface area contributed by atoms with Crippen molar-refractivity contribution in [1.29, 1.82) is 0 Å². The second-order valence-corrected chi connectivity index (χ2v) is 4.49. The molecule has 1 heterocycles. The van der Waals surface area contributed by atoms with Gasteiger partial charge in [-0.15, -0.1) is 0 Å². The van der Waals surface area contributed by atoms with Gasteiger partial charge in [-0.2, -0.15) is 4.98 Å². The van der Waals surface area contributed by atoms with E-state index in [1.165, 1.54) is 18.2 Å². The highest BCUT2D eigenvalue weighted by Crippen LogP contribution is 2.25. The first-order valence-corrected chi connectivity index (χ1v) is 5.81. The van der Waals surface area contributed by atoms with E-state index in [0.717, 1.165) is 0 Å². The summed E-state index contributed by atoms with van der Waals surface area (Å²) in [4.78, 5) is 14.7. The van der Waals surface area contributed by atoms with Crippen LogP contribution in [-0.4, -0.2) is 22.3 Å². The molecular formula is C11H6Cl2F2N2O2. The quantitative estimate of drug-likeness (QED) is 0.868. The number of carbonyl (C=O) groups is 1. The molecule has 0 saturated heterocycles. The first-order valence-electron chi connectivity index (χ1n) is 5.05. The van der Waals surface area contributed by atoms with Crippen LogP contribution in [0.2, 0.25) is 10.0 Å². The fourth-order valence-electron chi connectivity index (χ4n) is 1.35. The Morgan fingerprint density at radius 3 is 2.47 bits per heavy atom. The summed E-state index contributed by atoms with van der Waals surface area (Å²) in [5, 5.41) is 4.33. The predicted octanol–water partition coefficient (Wildman–Crippen LogP) is 3.42. The summed E-state index contributed by atoms with van der Waals surface area (Å²) >= 11 is 11.6. The Bertz CT molecular complexity index is 596. The monoisotopic (exact) mass is 306 g/mol. The normalized spacial score (nSPS) is 11.0. The van der Waals surface area contributed by atoms with Crippen LogP contribution in [0.1, 0.15) is 5.89 Å². The van der Waals surface area contributed by atoms with Gasteiger partial charge in [0.25, 0.3) is 6.43 Å². The smallest absolute Gasteiger partial charge is 0.296 e. The van der Waals surface area contributed by atoms with Gasteiger partial charge in [-0.1, -0.05) is 28.4 Å². The molecule has 8 heteroatoms. The van der Waals surface area contributed by atoms with Crippen molar-refractivity contribution in [2.75, 3.05) is 0 Å². The molecule has 0 amide bonds. The van der Waals surface area contributed by atoms with E-state index in [1.807, 2.05) is 0 Å². The van der Waals surface area contributed by atoms with Gasteiger partial charge < -0.3 is 4.52 Å². The fraction of sp³-hybridized carbons (Fsp3) is 0.182. The van der Waals surface area contributed by atoms with Crippen LogP contribution in [0, 0.1) is 0 Å². The average molecular weight is 307 g/mol. The van der Waals surface area contributed by atoms with Gasteiger partial charge >= 0.3 is 0 Å². The van der Waals surface area contributed by atoms with Gasteiger partial charge in [0.05, 0.1) is 6.42 Å². The van der Waals surface area contributed by atoms with E-state index in [4.69, 9.17) is 27.7 Å². The molecular weight excluding hydrogens is 301 g/mol. The van der Waals surface area contributed by atoms with Crippen LogP contribution in [-0.2, 0) is 11.2 Å². The minimum Gasteiger partial charge on any atom is -0.338 e. The number of aromatic nitrogens is 2. The molecule has 1 aromatic heterocycles. The van der Waals surface area contributed by atoms with Crippen molar-refractivity contribution < 1.29 is 18.1 Å². The Labute approximate surface area is 116 Å². The lowest BCUT2D eigenvalue weighted by Gasteiger charge is -1.97. The lowest BCUT2D eigenvalue weighted by molar-refractivity contribution is -0.129. The van der Waals surface area contributed by atoms with Crippen molar-refractivity contribution >= 4 is 29.0 Å². The van der Waals surface area contributed by atoms with Crippen molar-refractivity contribution in [1.82, 2.24) is 10.1 Å². The number of nitrogens with zero attached hydrogens (tertiary/aromatic N) is 2. The third-order valence-corrected chi connectivity index (χ3v) is 2.59. The van der Waals surface area contributed by atoms with Gasteiger partial charge in [0, 0.05) is 15.6 Å². The summed E-state index contributed by atoms with van der Waals surface area (Å²) in [6.07, 6.45) is -3.67. The summed E-state index contributed by atoms with van der Waals surface area (Å²) in [5.41, 5.74) is 0.469. The van der Waals surface area contributed by atoms with Gasteiger partial charge in [0.1, 0.15) is 0 Å². The van der Waals surface area contributed by atoms with E-state index < -0.39 is 18.6 Å². The standard InChI is InChI=1S/C11H6Cl2F2N2O2/c12-6-1-5(2-7(13)3-6)11-16-9(19-17-11)4-8(18)10(14)15/h1-3,10H,4H2. The van der Waals surface area contributed by atoms with Crippen LogP contribution < -0.4 is 0 Å². The first-order chi connectivity index (χ1) is 8.95. The molecule has 0 aliphatic carbocycles. The van der Waals surface area contributed by atoms with Gasteiger partial charge in [-0.3, -0.25) is 4.79 Å². The largest absolute Gasteiger partial charge is 0.338 e. The molecule has 0 aliphatic heterocycles. The minimum atomic E-state index is -3.06. The summed E-state index contributed by atoms with van der Waals surface area (Å²) in [5.74, 6) is -1.34. The maximum absolute atomic E-state index is 12.1. The van der Waals surface area contributed by atoms with E-state index in [-0.39, 0.29) is 11.7 Å². The zero-order valence-electron chi connectivity index (χ0n) is 9.24. The van der Waals surface area contributed by atoms with Crippen molar-refractivity contribution in [2.24, 2.45) is 0 Å². The number of alkyl halides is 2. The molecule has 0 fully saturated rings. The molecule has 0 unspecified atom stereocenters. The number of halogens is 4. The van der Waals surface area contributed by atoms with Gasteiger partial charge in [0.15, 0.2) is 0 Å². The van der Waals surface area contributed by atoms with Crippen LogP contribution in [0.15, 0.2) is 22.7 Å². The highest BCUT2D eigenvalue weighted by molar-refractivity contribution is 6.35. The second-order valence-electron chi connectivity index (χ2n) is 3.61. The van der Waals surface area contributed by atoms with Crippen LogP contribution >= 0.6 is 23.2 Å². The predicted molar refractivity (Wildman–Crippen MR) is 64.5 cm³/mol. The van der Waals surface area contributed by atoms with E-state index >= 15 is 0 Å².